The van der Waals surface area contributed by atoms with Crippen molar-refractivity contribution >= 4 is 23.7 Å². The second-order valence-electron chi connectivity index (χ2n) is 11.9. The van der Waals surface area contributed by atoms with E-state index in [0.29, 0.717) is 11.1 Å². The van der Waals surface area contributed by atoms with Crippen LogP contribution in [0.1, 0.15) is 106 Å². The van der Waals surface area contributed by atoms with Gasteiger partial charge in [0.25, 0.3) is 0 Å². The quantitative estimate of drug-likeness (QED) is 0.124. The van der Waals surface area contributed by atoms with E-state index in [9.17, 15) is 9.59 Å². The molecule has 0 spiro atoms. The molecule has 2 fully saturated rings. The molecule has 8 heteroatoms. The summed E-state index contributed by atoms with van der Waals surface area (Å²) in [7, 11) is 0. The Hall–Kier alpha value is -2.39. The number of fused-ring (bicyclic) bond motifs is 1. The van der Waals surface area contributed by atoms with Crippen LogP contribution >= 0.6 is 11.8 Å². The first-order valence-corrected chi connectivity index (χ1v) is 16.9. The molecule has 2 aromatic carbocycles. The summed E-state index contributed by atoms with van der Waals surface area (Å²) in [6.45, 7) is 5.98. The van der Waals surface area contributed by atoms with E-state index in [2.05, 4.69) is 6.92 Å². The summed E-state index contributed by atoms with van der Waals surface area (Å²) in [4.78, 5) is 24.7. The lowest BCUT2D eigenvalue weighted by atomic mass is 10.1. The highest BCUT2D eigenvalue weighted by Crippen LogP contribution is 2.50. The van der Waals surface area contributed by atoms with Crippen molar-refractivity contribution in [1.29, 1.82) is 0 Å². The van der Waals surface area contributed by atoms with Crippen LogP contribution in [-0.4, -0.2) is 59.9 Å². The van der Waals surface area contributed by atoms with Gasteiger partial charge in [-0.3, -0.25) is 0 Å². The van der Waals surface area contributed by atoms with Crippen LogP contribution in [0.2, 0.25) is 0 Å². The minimum Gasteiger partial charge on any atom is -0.459 e. The molecule has 0 saturated carbocycles. The van der Waals surface area contributed by atoms with Crippen molar-refractivity contribution in [2.24, 2.45) is 0 Å². The van der Waals surface area contributed by atoms with E-state index in [4.69, 9.17) is 23.7 Å². The molecule has 2 aliphatic heterocycles. The number of carbonyl (C=O) groups is 2. The minimum absolute atomic E-state index is 0.00152. The Labute approximate surface area is 261 Å². The Balaban J connectivity index is 1.38. The SMILES string of the molecule is CCCCCCCCCCCCS[C@]1(COC(=O)c2ccccc2)O[C@H](COC(=O)c2ccccc2)[C@H]2OC(C)(C)O[C@H]21. The number of rotatable bonds is 18. The molecule has 0 N–H and O–H groups in total. The smallest absolute Gasteiger partial charge is 0.338 e. The van der Waals surface area contributed by atoms with Crippen LogP contribution in [0, 0.1) is 0 Å². The van der Waals surface area contributed by atoms with E-state index < -0.39 is 41.0 Å². The molecule has 0 bridgehead atoms. The average Bonchev–Trinajstić information content (AvgIpc) is 3.49. The Bertz CT molecular complexity index is 1130. The first-order chi connectivity index (χ1) is 20.8. The fourth-order valence-electron chi connectivity index (χ4n) is 5.67. The maximum absolute atomic E-state index is 12.9. The zero-order chi connectivity index (χ0) is 30.5. The molecule has 0 aromatic heterocycles. The largest absolute Gasteiger partial charge is 0.459 e. The molecule has 4 atom stereocenters. The first-order valence-electron chi connectivity index (χ1n) is 16.0. The molecule has 0 unspecified atom stereocenters. The normalized spacial score (nSPS) is 24.0. The Kier molecular flexibility index (Phi) is 12.9. The lowest BCUT2D eigenvalue weighted by Crippen LogP contribution is -2.45. The second-order valence-corrected chi connectivity index (χ2v) is 13.3. The van der Waals surface area contributed by atoms with Crippen LogP contribution in [0.5, 0.6) is 0 Å². The highest BCUT2D eigenvalue weighted by molar-refractivity contribution is 8.00. The van der Waals surface area contributed by atoms with Gasteiger partial charge in [0.1, 0.15) is 31.5 Å². The monoisotopic (exact) mass is 612 g/mol. The van der Waals surface area contributed by atoms with Gasteiger partial charge >= 0.3 is 11.9 Å². The molecule has 7 nitrogen and oxygen atoms in total. The van der Waals surface area contributed by atoms with Gasteiger partial charge in [-0.15, -0.1) is 11.8 Å². The van der Waals surface area contributed by atoms with E-state index >= 15 is 0 Å². The van der Waals surface area contributed by atoms with Crippen LogP contribution in [0.3, 0.4) is 0 Å². The molecule has 0 amide bonds. The van der Waals surface area contributed by atoms with Gasteiger partial charge in [0.05, 0.1) is 11.1 Å². The standard InChI is InChI=1S/C35H48O7S/c1-4-5-6-7-8-9-10-11-12-19-24-43-35(26-39-33(37)28-22-17-14-18-23-28)31-30(41-34(2,3)42-31)29(40-35)25-38-32(36)27-20-15-13-16-21-27/h13-18,20-23,29-31H,4-12,19,24-26H2,1-3H3/t29-,30-,31-,35+/m1/s1. The van der Waals surface area contributed by atoms with Gasteiger partial charge in [-0.2, -0.15) is 0 Å². The van der Waals surface area contributed by atoms with Crippen molar-refractivity contribution in [2.45, 2.75) is 114 Å². The van der Waals surface area contributed by atoms with Crippen LogP contribution in [0.25, 0.3) is 0 Å². The third-order valence-electron chi connectivity index (χ3n) is 7.93. The summed E-state index contributed by atoms with van der Waals surface area (Å²) in [5.74, 6) is -0.877. The molecule has 2 heterocycles. The number of thioether (sulfide) groups is 1. The van der Waals surface area contributed by atoms with Gasteiger partial charge in [0.15, 0.2) is 10.7 Å². The van der Waals surface area contributed by atoms with E-state index in [1.54, 1.807) is 48.2 Å². The van der Waals surface area contributed by atoms with E-state index in [1.165, 1.54) is 51.4 Å². The molecular weight excluding hydrogens is 564 g/mol. The average molecular weight is 613 g/mol. The van der Waals surface area contributed by atoms with Gasteiger partial charge in [0.2, 0.25) is 0 Å². The Morgan fingerprint density at radius 2 is 1.26 bits per heavy atom. The molecule has 2 aliphatic rings. The van der Waals surface area contributed by atoms with Gasteiger partial charge in [-0.1, -0.05) is 101 Å². The lowest BCUT2D eigenvalue weighted by molar-refractivity contribution is -0.199. The van der Waals surface area contributed by atoms with Crippen molar-refractivity contribution in [3.05, 3.63) is 71.8 Å². The number of benzene rings is 2. The summed E-state index contributed by atoms with van der Waals surface area (Å²) in [5, 5.41) is 0. The summed E-state index contributed by atoms with van der Waals surface area (Å²) in [6.07, 6.45) is 11.0. The number of ether oxygens (including phenoxy) is 5. The third kappa shape index (κ3) is 9.80. The first kappa shape index (κ1) is 33.5. The predicted molar refractivity (Wildman–Crippen MR) is 169 cm³/mol. The highest BCUT2D eigenvalue weighted by atomic mass is 32.2. The van der Waals surface area contributed by atoms with Crippen LogP contribution in [-0.2, 0) is 23.7 Å². The Morgan fingerprint density at radius 1 is 0.721 bits per heavy atom. The maximum atomic E-state index is 12.9. The van der Waals surface area contributed by atoms with E-state index in [-0.39, 0.29) is 13.2 Å². The van der Waals surface area contributed by atoms with Crippen molar-refractivity contribution in [2.75, 3.05) is 19.0 Å². The van der Waals surface area contributed by atoms with Gasteiger partial charge in [-0.25, -0.2) is 9.59 Å². The predicted octanol–water partition coefficient (Wildman–Crippen LogP) is 7.97. The van der Waals surface area contributed by atoms with Gasteiger partial charge in [-0.05, 0) is 50.3 Å². The number of hydrogen-bond donors (Lipinski definition) is 0. The van der Waals surface area contributed by atoms with Crippen LogP contribution < -0.4 is 0 Å². The molecule has 236 valence electrons. The second kappa shape index (κ2) is 16.6. The maximum Gasteiger partial charge on any atom is 0.338 e. The highest BCUT2D eigenvalue weighted by Gasteiger charge is 2.64. The van der Waals surface area contributed by atoms with Gasteiger partial charge < -0.3 is 23.7 Å². The topological polar surface area (TPSA) is 80.3 Å². The molecule has 0 aliphatic carbocycles. The van der Waals surface area contributed by atoms with E-state index in [1.807, 2.05) is 38.1 Å². The fraction of sp³-hybridized carbons (Fsp3) is 0.600. The van der Waals surface area contributed by atoms with E-state index in [0.717, 1.165) is 18.6 Å². The molecule has 2 aromatic rings. The van der Waals surface area contributed by atoms with Crippen molar-refractivity contribution in [3.8, 4) is 0 Å². The molecule has 4 rings (SSSR count). The zero-order valence-electron chi connectivity index (χ0n) is 26.0. The van der Waals surface area contributed by atoms with Crippen molar-refractivity contribution in [3.63, 3.8) is 0 Å². The van der Waals surface area contributed by atoms with Crippen LogP contribution in [0.15, 0.2) is 60.7 Å². The number of esters is 2. The molecule has 2 saturated heterocycles. The summed E-state index contributed by atoms with van der Waals surface area (Å²) < 4.78 is 30.8. The number of unbranched alkanes of at least 4 members (excludes halogenated alkanes) is 9. The summed E-state index contributed by atoms with van der Waals surface area (Å²) in [5.41, 5.74) is 0.948. The lowest BCUT2D eigenvalue weighted by Gasteiger charge is -2.34. The fourth-order valence-corrected chi connectivity index (χ4v) is 7.04. The van der Waals surface area contributed by atoms with Crippen LogP contribution in [0.4, 0.5) is 0 Å². The minimum atomic E-state index is -0.994. The third-order valence-corrected chi connectivity index (χ3v) is 9.35. The summed E-state index contributed by atoms with van der Waals surface area (Å²) in [6, 6.07) is 17.8. The molecular formula is C35H48O7S. The Morgan fingerprint density at radius 3 is 1.84 bits per heavy atom. The zero-order valence-corrected chi connectivity index (χ0v) is 26.8. The number of carbonyl (C=O) groups excluding carboxylic acids is 2. The van der Waals surface area contributed by atoms with Gasteiger partial charge in [0, 0.05) is 0 Å². The van der Waals surface area contributed by atoms with Crippen molar-refractivity contribution in [1.82, 2.24) is 0 Å². The van der Waals surface area contributed by atoms with Crippen molar-refractivity contribution < 1.29 is 33.3 Å². The summed E-state index contributed by atoms with van der Waals surface area (Å²) >= 11 is 1.61. The molecule has 43 heavy (non-hydrogen) atoms. The molecule has 0 radical (unpaired) electrons. The number of hydrogen-bond acceptors (Lipinski definition) is 8.